The van der Waals surface area contributed by atoms with Crippen molar-refractivity contribution < 1.29 is 9.53 Å². The van der Waals surface area contributed by atoms with Crippen LogP contribution >= 0.6 is 0 Å². The first kappa shape index (κ1) is 16.5. The van der Waals surface area contributed by atoms with Crippen molar-refractivity contribution >= 4 is 16.7 Å². The smallest absolute Gasteiger partial charge is 0.136 e. The molecule has 1 N–H and O–H groups in total. The van der Waals surface area contributed by atoms with Gasteiger partial charge in [0, 0.05) is 42.4 Å². The van der Waals surface area contributed by atoms with Gasteiger partial charge in [-0.3, -0.25) is 9.48 Å². The highest BCUT2D eigenvalue weighted by Gasteiger charge is 2.24. The molecule has 1 aromatic heterocycles. The number of Topliss-reactive ketones (excluding diaryl/α,β-unsaturated/α-hetero) is 1. The van der Waals surface area contributed by atoms with Crippen LogP contribution in [0.3, 0.4) is 0 Å². The molecule has 1 aromatic carbocycles. The lowest BCUT2D eigenvalue weighted by molar-refractivity contribution is -0.121. The summed E-state index contributed by atoms with van der Waals surface area (Å²) in [7, 11) is 0. The number of ketones is 1. The lowest BCUT2D eigenvalue weighted by Gasteiger charge is -2.27. The lowest BCUT2D eigenvalue weighted by Crippen LogP contribution is -2.47. The van der Waals surface area contributed by atoms with Crippen LogP contribution in [0.4, 0.5) is 0 Å². The number of hydrogen-bond donors (Lipinski definition) is 1. The average Bonchev–Trinajstić information content (AvgIpc) is 2.95. The summed E-state index contributed by atoms with van der Waals surface area (Å²) < 4.78 is 7.71. The van der Waals surface area contributed by atoms with E-state index >= 15 is 0 Å². The molecule has 0 amide bonds. The van der Waals surface area contributed by atoms with Gasteiger partial charge >= 0.3 is 0 Å². The van der Waals surface area contributed by atoms with E-state index in [4.69, 9.17) is 4.74 Å². The van der Waals surface area contributed by atoms with Crippen molar-refractivity contribution in [2.24, 2.45) is 0 Å². The molecule has 0 saturated carbocycles. The van der Waals surface area contributed by atoms with Gasteiger partial charge in [0.15, 0.2) is 0 Å². The number of nitrogens with one attached hydrogen (secondary N) is 1. The van der Waals surface area contributed by atoms with Gasteiger partial charge in [0.25, 0.3) is 0 Å². The second kappa shape index (κ2) is 6.62. The number of nitriles is 1. The van der Waals surface area contributed by atoms with Gasteiger partial charge in [-0.15, -0.1) is 0 Å². The molecule has 2 aromatic rings. The maximum atomic E-state index is 11.7. The minimum absolute atomic E-state index is 0.0147. The first-order valence-electron chi connectivity index (χ1n) is 8.30. The summed E-state index contributed by atoms with van der Waals surface area (Å²) >= 11 is 0. The van der Waals surface area contributed by atoms with Crippen LogP contribution < -0.4 is 10.1 Å². The molecule has 2 atom stereocenters. The summed E-state index contributed by atoms with van der Waals surface area (Å²) in [6.07, 6.45) is 2.83. The molecule has 0 radical (unpaired) electrons. The Morgan fingerprint density at radius 1 is 1.46 bits per heavy atom. The van der Waals surface area contributed by atoms with Crippen LogP contribution in [-0.2, 0) is 4.79 Å². The molecule has 1 fully saturated rings. The van der Waals surface area contributed by atoms with E-state index in [1.165, 1.54) is 0 Å². The highest BCUT2D eigenvalue weighted by Crippen LogP contribution is 2.27. The summed E-state index contributed by atoms with van der Waals surface area (Å²) in [6, 6.07) is 6.26. The summed E-state index contributed by atoms with van der Waals surface area (Å²) in [4.78, 5) is 11.7. The van der Waals surface area contributed by atoms with E-state index in [0.29, 0.717) is 30.8 Å². The number of hydrogen-bond acceptors (Lipinski definition) is 5. The normalized spacial score (nSPS) is 21.2. The van der Waals surface area contributed by atoms with E-state index in [0.717, 1.165) is 10.9 Å². The number of aromatic nitrogens is 2. The number of piperidine rings is 1. The Bertz CT molecular complexity index is 803. The third-order valence-electron chi connectivity index (χ3n) is 4.25. The standard InChI is InChI=1S/C18H22N4O2/c1-11(2)22-18-13(8-19)5-17(6-14(18)9-20-22)24-10-15-7-16(23)4-12(3)21-15/h5-6,9,11-12,15,21H,4,7,10H2,1-3H3/t12-,15-/m0/s1. The Hall–Kier alpha value is -2.39. The molecule has 0 bridgehead atoms. The molecule has 24 heavy (non-hydrogen) atoms. The summed E-state index contributed by atoms with van der Waals surface area (Å²) in [5.41, 5.74) is 1.38. The lowest BCUT2D eigenvalue weighted by atomic mass is 9.99. The van der Waals surface area contributed by atoms with Crippen molar-refractivity contribution in [3.05, 3.63) is 23.9 Å². The monoisotopic (exact) mass is 326 g/mol. The number of carbonyl (C=O) groups is 1. The van der Waals surface area contributed by atoms with Crippen LogP contribution in [0.25, 0.3) is 10.9 Å². The molecule has 6 nitrogen and oxygen atoms in total. The Labute approximate surface area is 141 Å². The molecule has 6 heteroatoms. The molecule has 0 unspecified atom stereocenters. The zero-order valence-electron chi connectivity index (χ0n) is 14.2. The predicted octanol–water partition coefficient (Wildman–Crippen LogP) is 2.58. The summed E-state index contributed by atoms with van der Waals surface area (Å²) in [6.45, 7) is 6.48. The number of benzene rings is 1. The minimum Gasteiger partial charge on any atom is -0.492 e. The zero-order chi connectivity index (χ0) is 17.3. The van der Waals surface area contributed by atoms with Crippen LogP contribution in [-0.4, -0.2) is 34.3 Å². The molecule has 1 aliphatic rings. The molecular formula is C18H22N4O2. The van der Waals surface area contributed by atoms with Gasteiger partial charge in [-0.25, -0.2) is 0 Å². The Morgan fingerprint density at radius 3 is 2.92 bits per heavy atom. The van der Waals surface area contributed by atoms with Crippen LogP contribution in [0, 0.1) is 11.3 Å². The zero-order valence-corrected chi connectivity index (χ0v) is 14.2. The van der Waals surface area contributed by atoms with E-state index in [2.05, 4.69) is 16.5 Å². The van der Waals surface area contributed by atoms with E-state index < -0.39 is 0 Å². The van der Waals surface area contributed by atoms with Gasteiger partial charge in [-0.2, -0.15) is 10.4 Å². The largest absolute Gasteiger partial charge is 0.492 e. The van der Waals surface area contributed by atoms with Gasteiger partial charge < -0.3 is 10.1 Å². The summed E-state index contributed by atoms with van der Waals surface area (Å²) in [5.74, 6) is 0.899. The second-order valence-electron chi connectivity index (χ2n) is 6.73. The number of fused-ring (bicyclic) bond motifs is 1. The molecule has 0 aliphatic carbocycles. The highest BCUT2D eigenvalue weighted by molar-refractivity contribution is 5.86. The second-order valence-corrected chi connectivity index (χ2v) is 6.73. The van der Waals surface area contributed by atoms with Gasteiger partial charge in [0.2, 0.25) is 0 Å². The summed E-state index contributed by atoms with van der Waals surface area (Å²) in [5, 5.41) is 18.1. The van der Waals surface area contributed by atoms with Gasteiger partial charge in [0.05, 0.1) is 17.3 Å². The number of ether oxygens (including phenoxy) is 1. The van der Waals surface area contributed by atoms with Crippen LogP contribution in [0.1, 0.15) is 45.2 Å². The number of nitrogens with zero attached hydrogens (tertiary/aromatic N) is 3. The van der Waals surface area contributed by atoms with Gasteiger partial charge in [-0.05, 0) is 26.8 Å². The molecule has 1 saturated heterocycles. The van der Waals surface area contributed by atoms with Crippen LogP contribution in [0.5, 0.6) is 5.75 Å². The van der Waals surface area contributed by atoms with Crippen molar-refractivity contribution in [3.63, 3.8) is 0 Å². The average molecular weight is 326 g/mol. The van der Waals surface area contributed by atoms with E-state index in [-0.39, 0.29) is 23.9 Å². The fraction of sp³-hybridized carbons (Fsp3) is 0.500. The Kier molecular flexibility index (Phi) is 4.54. The molecule has 2 heterocycles. The van der Waals surface area contributed by atoms with E-state index in [1.54, 1.807) is 12.3 Å². The quantitative estimate of drug-likeness (QED) is 0.934. The fourth-order valence-corrected chi connectivity index (χ4v) is 3.25. The van der Waals surface area contributed by atoms with Crippen LogP contribution in [0.2, 0.25) is 0 Å². The van der Waals surface area contributed by atoms with Crippen molar-refractivity contribution in [2.75, 3.05) is 6.61 Å². The fourth-order valence-electron chi connectivity index (χ4n) is 3.25. The van der Waals surface area contributed by atoms with Crippen molar-refractivity contribution in [3.8, 4) is 11.8 Å². The first-order valence-corrected chi connectivity index (χ1v) is 8.30. The molecule has 126 valence electrons. The number of rotatable bonds is 4. The van der Waals surface area contributed by atoms with Crippen molar-refractivity contribution in [1.29, 1.82) is 5.26 Å². The van der Waals surface area contributed by atoms with Crippen molar-refractivity contribution in [2.45, 2.75) is 51.7 Å². The van der Waals surface area contributed by atoms with Gasteiger partial charge in [-0.1, -0.05) is 0 Å². The maximum absolute atomic E-state index is 11.7. The Morgan fingerprint density at radius 2 is 2.25 bits per heavy atom. The van der Waals surface area contributed by atoms with Crippen LogP contribution in [0.15, 0.2) is 18.3 Å². The van der Waals surface area contributed by atoms with E-state index in [9.17, 15) is 10.1 Å². The maximum Gasteiger partial charge on any atom is 0.136 e. The topological polar surface area (TPSA) is 79.9 Å². The number of carbonyl (C=O) groups excluding carboxylic acids is 1. The third-order valence-corrected chi connectivity index (χ3v) is 4.25. The third kappa shape index (κ3) is 3.26. The Balaban J connectivity index is 1.81. The molecular weight excluding hydrogens is 304 g/mol. The molecule has 0 spiro atoms. The molecule has 1 aliphatic heterocycles. The van der Waals surface area contributed by atoms with Gasteiger partial charge in [0.1, 0.15) is 24.2 Å². The highest BCUT2D eigenvalue weighted by atomic mass is 16.5. The predicted molar refractivity (Wildman–Crippen MR) is 91.0 cm³/mol. The SMILES string of the molecule is CC(C)n1ncc2cc(OC[C@@H]3CC(=O)C[C@H](C)N3)cc(C#N)c21. The molecule has 3 rings (SSSR count). The first-order chi connectivity index (χ1) is 11.5. The van der Waals surface area contributed by atoms with Crippen molar-refractivity contribution in [1.82, 2.24) is 15.1 Å². The van der Waals surface area contributed by atoms with E-state index in [1.807, 2.05) is 31.5 Å². The minimum atomic E-state index is 0.0147.